The normalized spacial score (nSPS) is 13.9. The Kier molecular flexibility index (Phi) is 4.40. The van der Waals surface area contributed by atoms with Gasteiger partial charge in [-0.25, -0.2) is 13.8 Å². The van der Waals surface area contributed by atoms with E-state index >= 15 is 0 Å². The van der Waals surface area contributed by atoms with E-state index in [1.54, 1.807) is 4.57 Å². The molecule has 1 aliphatic rings. The first-order chi connectivity index (χ1) is 11.5. The highest BCUT2D eigenvalue weighted by molar-refractivity contribution is 7.99. The van der Waals surface area contributed by atoms with Crippen LogP contribution in [0.4, 0.5) is 14.6 Å². The first kappa shape index (κ1) is 16.3. The summed E-state index contributed by atoms with van der Waals surface area (Å²) in [7, 11) is 0. The average Bonchev–Trinajstić information content (AvgIpc) is 3.11. The SMILES string of the molecule is CC(Oc1ccc(F)c(F)c1)C(=O)Nc1nc2n(c1C#N)CCS2. The molecule has 0 fully saturated rings. The molecule has 1 aromatic heterocycles. The summed E-state index contributed by atoms with van der Waals surface area (Å²) in [6, 6.07) is 5.03. The molecule has 1 amide bonds. The molecule has 2 aromatic rings. The smallest absolute Gasteiger partial charge is 0.266 e. The van der Waals surface area contributed by atoms with Crippen LogP contribution in [0.2, 0.25) is 0 Å². The Labute approximate surface area is 140 Å². The van der Waals surface area contributed by atoms with Gasteiger partial charge in [0.15, 0.2) is 34.4 Å². The number of imidazole rings is 1. The lowest BCUT2D eigenvalue weighted by Gasteiger charge is -2.14. The van der Waals surface area contributed by atoms with Crippen LogP contribution < -0.4 is 10.1 Å². The molecule has 24 heavy (non-hydrogen) atoms. The van der Waals surface area contributed by atoms with Crippen molar-refractivity contribution in [2.75, 3.05) is 11.1 Å². The van der Waals surface area contributed by atoms with Gasteiger partial charge in [0.25, 0.3) is 5.91 Å². The number of rotatable bonds is 4. The quantitative estimate of drug-likeness (QED) is 0.917. The second kappa shape index (κ2) is 6.49. The summed E-state index contributed by atoms with van der Waals surface area (Å²) in [5.41, 5.74) is 0.281. The van der Waals surface area contributed by atoms with Crippen LogP contribution in [0.3, 0.4) is 0 Å². The third kappa shape index (κ3) is 3.05. The number of nitrogens with zero attached hydrogens (tertiary/aromatic N) is 3. The second-order valence-corrected chi connectivity index (χ2v) is 6.09. The molecule has 124 valence electrons. The predicted molar refractivity (Wildman–Crippen MR) is 82.7 cm³/mol. The summed E-state index contributed by atoms with van der Waals surface area (Å²) in [5.74, 6) is -1.57. The molecule has 1 unspecified atom stereocenters. The van der Waals surface area contributed by atoms with Crippen molar-refractivity contribution in [1.82, 2.24) is 9.55 Å². The average molecular weight is 350 g/mol. The van der Waals surface area contributed by atoms with Crippen LogP contribution in [-0.2, 0) is 11.3 Å². The zero-order valence-corrected chi connectivity index (χ0v) is 13.4. The maximum Gasteiger partial charge on any atom is 0.266 e. The van der Waals surface area contributed by atoms with Gasteiger partial charge in [0, 0.05) is 18.4 Å². The summed E-state index contributed by atoms with van der Waals surface area (Å²) in [6.45, 7) is 2.12. The van der Waals surface area contributed by atoms with E-state index in [1.165, 1.54) is 24.8 Å². The number of nitrogens with one attached hydrogen (secondary N) is 1. The number of ether oxygens (including phenoxy) is 1. The van der Waals surface area contributed by atoms with Gasteiger partial charge in [-0.1, -0.05) is 11.8 Å². The van der Waals surface area contributed by atoms with Crippen LogP contribution in [0.25, 0.3) is 0 Å². The van der Waals surface area contributed by atoms with Gasteiger partial charge in [-0.2, -0.15) is 5.26 Å². The minimum absolute atomic E-state index is 0.0277. The molecule has 0 aliphatic carbocycles. The van der Waals surface area contributed by atoms with Crippen LogP contribution in [0, 0.1) is 23.0 Å². The van der Waals surface area contributed by atoms with E-state index in [0.29, 0.717) is 11.7 Å². The van der Waals surface area contributed by atoms with Crippen molar-refractivity contribution in [3.63, 3.8) is 0 Å². The first-order valence-corrected chi connectivity index (χ1v) is 8.04. The van der Waals surface area contributed by atoms with Gasteiger partial charge >= 0.3 is 0 Å². The molecule has 0 radical (unpaired) electrons. The lowest BCUT2D eigenvalue weighted by atomic mass is 10.3. The van der Waals surface area contributed by atoms with Crippen LogP contribution in [0.15, 0.2) is 23.4 Å². The number of benzene rings is 1. The minimum atomic E-state index is -1.06. The molecule has 0 bridgehead atoms. The Morgan fingerprint density at radius 3 is 3.00 bits per heavy atom. The molecule has 2 heterocycles. The van der Waals surface area contributed by atoms with Gasteiger partial charge < -0.3 is 14.6 Å². The van der Waals surface area contributed by atoms with Gasteiger partial charge in [-0.3, -0.25) is 4.79 Å². The molecular weight excluding hydrogens is 338 g/mol. The molecule has 0 saturated heterocycles. The number of aromatic nitrogens is 2. The molecule has 0 saturated carbocycles. The zero-order valence-electron chi connectivity index (χ0n) is 12.5. The van der Waals surface area contributed by atoms with E-state index in [1.807, 2.05) is 6.07 Å². The second-order valence-electron chi connectivity index (χ2n) is 5.03. The molecule has 6 nitrogen and oxygen atoms in total. The van der Waals surface area contributed by atoms with Crippen LogP contribution in [-0.4, -0.2) is 27.3 Å². The largest absolute Gasteiger partial charge is 0.481 e. The first-order valence-electron chi connectivity index (χ1n) is 7.05. The van der Waals surface area contributed by atoms with E-state index in [9.17, 15) is 18.8 Å². The Morgan fingerprint density at radius 1 is 1.50 bits per heavy atom. The fraction of sp³-hybridized carbons (Fsp3) is 0.267. The Hall–Kier alpha value is -2.60. The van der Waals surface area contributed by atoms with Crippen molar-refractivity contribution in [3.8, 4) is 11.8 Å². The van der Waals surface area contributed by atoms with E-state index in [-0.39, 0.29) is 17.3 Å². The molecule has 1 N–H and O–H groups in total. The fourth-order valence-corrected chi connectivity index (χ4v) is 3.16. The Balaban J connectivity index is 1.71. The van der Waals surface area contributed by atoms with Gasteiger partial charge in [-0.15, -0.1) is 0 Å². The van der Waals surface area contributed by atoms with Crippen molar-refractivity contribution >= 4 is 23.5 Å². The summed E-state index contributed by atoms with van der Waals surface area (Å²) in [6.07, 6.45) is -0.981. The van der Waals surface area contributed by atoms with E-state index in [2.05, 4.69) is 10.3 Å². The number of carbonyl (C=O) groups excluding carboxylic acids is 1. The highest BCUT2D eigenvalue weighted by Gasteiger charge is 2.25. The van der Waals surface area contributed by atoms with E-state index in [0.717, 1.165) is 17.9 Å². The van der Waals surface area contributed by atoms with Gasteiger partial charge in [-0.05, 0) is 19.1 Å². The standard InChI is InChI=1S/C15H12F2N4O2S/c1-8(23-9-2-3-10(16)11(17)6-9)14(22)19-13-12(7-18)21-4-5-24-15(21)20-13/h2-3,6,8H,4-5H2,1H3,(H,19,22). The lowest BCUT2D eigenvalue weighted by Crippen LogP contribution is -2.30. The monoisotopic (exact) mass is 350 g/mol. The highest BCUT2D eigenvalue weighted by atomic mass is 32.2. The van der Waals surface area contributed by atoms with Crippen molar-refractivity contribution in [2.24, 2.45) is 0 Å². The van der Waals surface area contributed by atoms with Crippen molar-refractivity contribution < 1.29 is 18.3 Å². The number of hydrogen-bond donors (Lipinski definition) is 1. The number of carbonyl (C=O) groups is 1. The highest BCUT2D eigenvalue weighted by Crippen LogP contribution is 2.30. The summed E-state index contributed by atoms with van der Waals surface area (Å²) in [4.78, 5) is 16.4. The van der Waals surface area contributed by atoms with Crippen molar-refractivity contribution in [1.29, 1.82) is 5.26 Å². The Morgan fingerprint density at radius 2 is 2.29 bits per heavy atom. The molecular formula is C15H12F2N4O2S. The number of anilines is 1. The van der Waals surface area contributed by atoms with Crippen LogP contribution in [0.1, 0.15) is 12.6 Å². The molecule has 9 heteroatoms. The topological polar surface area (TPSA) is 79.9 Å². The maximum absolute atomic E-state index is 13.2. The molecule has 1 aromatic carbocycles. The van der Waals surface area contributed by atoms with Gasteiger partial charge in [0.05, 0.1) is 0 Å². The van der Waals surface area contributed by atoms with Crippen molar-refractivity contribution in [2.45, 2.75) is 24.7 Å². The molecule has 1 atom stereocenters. The van der Waals surface area contributed by atoms with E-state index < -0.39 is 23.6 Å². The number of fused-ring (bicyclic) bond motifs is 1. The molecule has 0 spiro atoms. The fourth-order valence-electron chi connectivity index (χ4n) is 2.20. The number of nitriles is 1. The number of thioether (sulfide) groups is 1. The molecule has 3 rings (SSSR count). The summed E-state index contributed by atoms with van der Waals surface area (Å²) < 4.78 is 33.1. The maximum atomic E-state index is 13.2. The Bertz CT molecular complexity index is 847. The van der Waals surface area contributed by atoms with Gasteiger partial charge in [0.2, 0.25) is 0 Å². The van der Waals surface area contributed by atoms with E-state index in [4.69, 9.17) is 4.74 Å². The predicted octanol–water partition coefficient (Wildman–Crippen LogP) is 2.54. The molecule has 1 aliphatic heterocycles. The number of hydrogen-bond acceptors (Lipinski definition) is 5. The lowest BCUT2D eigenvalue weighted by molar-refractivity contribution is -0.122. The minimum Gasteiger partial charge on any atom is -0.481 e. The summed E-state index contributed by atoms with van der Waals surface area (Å²) >= 11 is 1.50. The van der Waals surface area contributed by atoms with Crippen molar-refractivity contribution in [3.05, 3.63) is 35.5 Å². The summed E-state index contributed by atoms with van der Waals surface area (Å²) in [5, 5.41) is 12.4. The van der Waals surface area contributed by atoms with Crippen LogP contribution in [0.5, 0.6) is 5.75 Å². The zero-order chi connectivity index (χ0) is 17.3. The number of amides is 1. The van der Waals surface area contributed by atoms with Gasteiger partial charge in [0.1, 0.15) is 11.8 Å². The van der Waals surface area contributed by atoms with Crippen LogP contribution >= 0.6 is 11.8 Å². The third-order valence-corrected chi connectivity index (χ3v) is 4.36. The number of halogens is 2. The third-order valence-electron chi connectivity index (χ3n) is 3.40.